The first-order valence-corrected chi connectivity index (χ1v) is 7.31. The highest BCUT2D eigenvalue weighted by Gasteiger charge is 2.29. The van der Waals surface area contributed by atoms with E-state index in [4.69, 9.17) is 16.3 Å². The predicted molar refractivity (Wildman–Crippen MR) is 78.5 cm³/mol. The number of ether oxygens (including phenoxy) is 1. The van der Waals surface area contributed by atoms with Gasteiger partial charge in [-0.1, -0.05) is 27.5 Å². The largest absolute Gasteiger partial charge is 0.485 e. The van der Waals surface area contributed by atoms with Crippen molar-refractivity contribution in [3.8, 4) is 5.75 Å². The molecular weight excluding hydrogens is 347 g/mol. The lowest BCUT2D eigenvalue weighted by Gasteiger charge is -2.30. The molecule has 20 heavy (non-hydrogen) atoms. The average molecular weight is 358 g/mol. The second-order valence-corrected chi connectivity index (χ2v) is 6.00. The van der Waals surface area contributed by atoms with Crippen molar-refractivity contribution >= 4 is 27.5 Å². The van der Waals surface area contributed by atoms with Gasteiger partial charge in [0.05, 0.1) is 6.10 Å². The highest BCUT2D eigenvalue weighted by Crippen LogP contribution is 2.43. The maximum Gasteiger partial charge on any atom is 0.128 e. The molecule has 1 aliphatic heterocycles. The van der Waals surface area contributed by atoms with E-state index >= 15 is 0 Å². The smallest absolute Gasteiger partial charge is 0.128 e. The third kappa shape index (κ3) is 2.55. The lowest BCUT2D eigenvalue weighted by atomic mass is 9.95. The first-order valence-electron chi connectivity index (χ1n) is 6.13. The summed E-state index contributed by atoms with van der Waals surface area (Å²) < 4.78 is 20.0. The number of fused-ring (bicyclic) bond motifs is 1. The lowest BCUT2D eigenvalue weighted by molar-refractivity contribution is 0.0650. The minimum atomic E-state index is -0.685. The summed E-state index contributed by atoms with van der Waals surface area (Å²) in [7, 11) is 0. The van der Waals surface area contributed by atoms with E-state index < -0.39 is 6.10 Å². The molecule has 1 heterocycles. The van der Waals surface area contributed by atoms with Crippen LogP contribution in [0, 0.1) is 5.82 Å². The Morgan fingerprint density at radius 2 is 2.00 bits per heavy atom. The Bertz CT molecular complexity index is 662. The number of hydrogen-bond acceptors (Lipinski definition) is 2. The van der Waals surface area contributed by atoms with Crippen LogP contribution < -0.4 is 4.74 Å². The Balaban J connectivity index is 2.00. The van der Waals surface area contributed by atoms with E-state index in [0.717, 1.165) is 10.0 Å². The van der Waals surface area contributed by atoms with E-state index in [1.807, 2.05) is 6.07 Å². The van der Waals surface area contributed by atoms with Crippen molar-refractivity contribution in [3.63, 3.8) is 0 Å². The van der Waals surface area contributed by atoms with Crippen LogP contribution in [0.3, 0.4) is 0 Å². The monoisotopic (exact) mass is 356 g/mol. The van der Waals surface area contributed by atoms with E-state index in [2.05, 4.69) is 15.9 Å². The van der Waals surface area contributed by atoms with Crippen LogP contribution in [0.1, 0.15) is 29.8 Å². The van der Waals surface area contributed by atoms with Crippen molar-refractivity contribution in [3.05, 3.63) is 62.8 Å². The Morgan fingerprint density at radius 3 is 2.80 bits per heavy atom. The summed E-state index contributed by atoms with van der Waals surface area (Å²) in [5.74, 6) is -0.0117. The van der Waals surface area contributed by atoms with Crippen molar-refractivity contribution in [1.29, 1.82) is 0 Å². The van der Waals surface area contributed by atoms with Gasteiger partial charge in [0.25, 0.3) is 0 Å². The van der Waals surface area contributed by atoms with Gasteiger partial charge in [0.15, 0.2) is 0 Å². The van der Waals surface area contributed by atoms with Gasteiger partial charge in [0.2, 0.25) is 0 Å². The standard InChI is InChI=1S/C15H11BrClFO2/c16-12-4-1-8(17)5-11(12)15-7-13(19)10-3-2-9(18)6-14(10)20-15/h1-6,13,15,19H,7H2. The first kappa shape index (κ1) is 13.9. The number of aliphatic hydroxyl groups excluding tert-OH is 1. The molecule has 104 valence electrons. The fourth-order valence-corrected chi connectivity index (χ4v) is 3.05. The van der Waals surface area contributed by atoms with Gasteiger partial charge < -0.3 is 9.84 Å². The van der Waals surface area contributed by atoms with Crippen molar-refractivity contribution < 1.29 is 14.2 Å². The lowest BCUT2D eigenvalue weighted by Crippen LogP contribution is -2.19. The van der Waals surface area contributed by atoms with Crippen molar-refractivity contribution in [2.75, 3.05) is 0 Å². The average Bonchev–Trinajstić information content (AvgIpc) is 2.41. The molecule has 0 radical (unpaired) electrons. The van der Waals surface area contributed by atoms with Crippen LogP contribution >= 0.6 is 27.5 Å². The zero-order valence-electron chi connectivity index (χ0n) is 10.3. The molecule has 0 aliphatic carbocycles. The molecule has 0 spiro atoms. The second-order valence-electron chi connectivity index (χ2n) is 4.71. The zero-order chi connectivity index (χ0) is 14.3. The highest BCUT2D eigenvalue weighted by atomic mass is 79.9. The van der Waals surface area contributed by atoms with Crippen LogP contribution in [0.15, 0.2) is 40.9 Å². The third-order valence-corrected chi connectivity index (χ3v) is 4.30. The van der Waals surface area contributed by atoms with Gasteiger partial charge in [-0.25, -0.2) is 4.39 Å². The Morgan fingerprint density at radius 1 is 1.20 bits per heavy atom. The van der Waals surface area contributed by atoms with E-state index in [1.54, 1.807) is 18.2 Å². The SMILES string of the molecule is OC1CC(c2cc(Cl)ccc2Br)Oc2cc(F)ccc21. The topological polar surface area (TPSA) is 29.5 Å². The van der Waals surface area contributed by atoms with E-state index in [1.165, 1.54) is 12.1 Å². The fraction of sp³-hybridized carbons (Fsp3) is 0.200. The third-order valence-electron chi connectivity index (χ3n) is 3.35. The minimum absolute atomic E-state index is 0.368. The quantitative estimate of drug-likeness (QED) is 0.794. The van der Waals surface area contributed by atoms with Gasteiger partial charge in [-0.15, -0.1) is 0 Å². The molecule has 0 bridgehead atoms. The van der Waals surface area contributed by atoms with Gasteiger partial charge >= 0.3 is 0 Å². The van der Waals surface area contributed by atoms with Crippen molar-refractivity contribution in [1.82, 2.24) is 0 Å². The summed E-state index contributed by atoms with van der Waals surface area (Å²) in [6.07, 6.45) is -0.653. The second kappa shape index (κ2) is 5.35. The van der Waals surface area contributed by atoms with Gasteiger partial charge in [-0.3, -0.25) is 0 Å². The van der Waals surface area contributed by atoms with Gasteiger partial charge in [0, 0.05) is 33.1 Å². The molecule has 2 nitrogen and oxygen atoms in total. The molecule has 2 aromatic rings. The van der Waals surface area contributed by atoms with Gasteiger partial charge in [-0.2, -0.15) is 0 Å². The van der Waals surface area contributed by atoms with Gasteiger partial charge in [-0.05, 0) is 30.3 Å². The van der Waals surface area contributed by atoms with E-state index in [9.17, 15) is 9.50 Å². The number of halogens is 3. The summed E-state index contributed by atoms with van der Waals surface area (Å²) in [6, 6.07) is 9.55. The molecule has 1 aliphatic rings. The summed E-state index contributed by atoms with van der Waals surface area (Å²) in [6.45, 7) is 0. The van der Waals surface area contributed by atoms with Crippen LogP contribution in [-0.2, 0) is 0 Å². The summed E-state index contributed by atoms with van der Waals surface area (Å²) in [4.78, 5) is 0. The Kier molecular flexibility index (Phi) is 3.71. The van der Waals surface area contributed by atoms with Crippen LogP contribution in [0.25, 0.3) is 0 Å². The minimum Gasteiger partial charge on any atom is -0.485 e. The van der Waals surface area contributed by atoms with Crippen LogP contribution in [0.4, 0.5) is 4.39 Å². The molecule has 5 heteroatoms. The van der Waals surface area contributed by atoms with E-state index in [-0.39, 0.29) is 11.9 Å². The number of hydrogen-bond donors (Lipinski definition) is 1. The summed E-state index contributed by atoms with van der Waals surface area (Å²) in [5, 5.41) is 10.8. The maximum absolute atomic E-state index is 13.3. The first-order chi connectivity index (χ1) is 9.54. The van der Waals surface area contributed by atoms with Crippen molar-refractivity contribution in [2.24, 2.45) is 0 Å². The van der Waals surface area contributed by atoms with Crippen LogP contribution in [-0.4, -0.2) is 5.11 Å². The molecule has 1 N–H and O–H groups in total. The molecule has 3 rings (SSSR count). The van der Waals surface area contributed by atoms with Gasteiger partial charge in [0.1, 0.15) is 17.7 Å². The molecule has 2 atom stereocenters. The molecule has 0 aromatic heterocycles. The predicted octanol–water partition coefficient (Wildman–Crippen LogP) is 4.80. The number of benzene rings is 2. The maximum atomic E-state index is 13.3. The summed E-state index contributed by atoms with van der Waals surface area (Å²) >= 11 is 9.44. The highest BCUT2D eigenvalue weighted by molar-refractivity contribution is 9.10. The normalized spacial score (nSPS) is 21.2. The van der Waals surface area contributed by atoms with Crippen LogP contribution in [0.5, 0.6) is 5.75 Å². The molecule has 0 saturated carbocycles. The zero-order valence-corrected chi connectivity index (χ0v) is 12.7. The molecule has 2 aromatic carbocycles. The van der Waals surface area contributed by atoms with E-state index in [0.29, 0.717) is 22.8 Å². The molecular formula is C15H11BrClFO2. The number of rotatable bonds is 1. The Labute approximate surface area is 129 Å². The number of aliphatic hydroxyl groups is 1. The molecule has 0 saturated heterocycles. The molecule has 2 unspecified atom stereocenters. The van der Waals surface area contributed by atoms with Crippen molar-refractivity contribution in [2.45, 2.75) is 18.6 Å². The Hall–Kier alpha value is -1.10. The molecule has 0 fully saturated rings. The fourth-order valence-electron chi connectivity index (χ4n) is 2.37. The summed E-state index contributed by atoms with van der Waals surface area (Å²) in [5.41, 5.74) is 1.45. The van der Waals surface area contributed by atoms with Crippen LogP contribution in [0.2, 0.25) is 5.02 Å². The molecule has 0 amide bonds.